The Kier molecular flexibility index (Phi) is 7.10. The smallest absolute Gasteiger partial charge is 0.210 e. The second-order valence-corrected chi connectivity index (χ2v) is 7.86. The molecular weight excluding hydrogens is 356 g/mol. The Balaban J connectivity index is 2.13. The van der Waals surface area contributed by atoms with Gasteiger partial charge in [0.05, 0.1) is 18.9 Å². The van der Waals surface area contributed by atoms with Crippen molar-refractivity contribution >= 4 is 16.0 Å². The first-order valence-corrected chi connectivity index (χ1v) is 10.5. The maximum Gasteiger partial charge on any atom is 0.210 e. The molecule has 1 heterocycles. The van der Waals surface area contributed by atoms with Crippen LogP contribution in [0, 0.1) is 0 Å². The summed E-state index contributed by atoms with van der Waals surface area (Å²) in [5.41, 5.74) is 2.07. The Morgan fingerprint density at radius 1 is 1.38 bits per heavy atom. The van der Waals surface area contributed by atoms with Gasteiger partial charge in [-0.05, 0) is 32.9 Å². The summed E-state index contributed by atoms with van der Waals surface area (Å²) < 4.78 is 33.7. The lowest BCUT2D eigenvalue weighted by Gasteiger charge is -2.13. The van der Waals surface area contributed by atoms with Crippen molar-refractivity contribution in [3.63, 3.8) is 0 Å². The van der Waals surface area contributed by atoms with Gasteiger partial charge in [0, 0.05) is 30.6 Å². The molecule has 1 aliphatic rings. The highest BCUT2D eigenvalue weighted by Gasteiger charge is 2.21. The normalized spacial score (nSPS) is 16.8. The van der Waals surface area contributed by atoms with E-state index in [-0.39, 0.29) is 18.4 Å². The highest BCUT2D eigenvalue weighted by molar-refractivity contribution is 7.89. The highest BCUT2D eigenvalue weighted by atomic mass is 32.2. The number of sulfonamides is 1. The Hall–Kier alpha value is -2.00. The molecule has 4 N–H and O–H groups in total. The number of benzene rings is 1. The number of hydrogen-bond acceptors (Lipinski definition) is 5. The number of rotatable bonds is 8. The van der Waals surface area contributed by atoms with Gasteiger partial charge < -0.3 is 20.1 Å². The first-order valence-electron chi connectivity index (χ1n) is 8.80. The summed E-state index contributed by atoms with van der Waals surface area (Å²) >= 11 is 0. The minimum Gasteiger partial charge on any atom is -0.494 e. The molecule has 26 heavy (non-hydrogen) atoms. The molecule has 1 unspecified atom stereocenters. The minimum absolute atomic E-state index is 0.161. The Bertz CT molecular complexity index is 749. The molecule has 0 saturated heterocycles. The van der Waals surface area contributed by atoms with E-state index >= 15 is 0 Å². The van der Waals surface area contributed by atoms with Crippen molar-refractivity contribution in [3.8, 4) is 11.5 Å². The molecule has 1 aromatic carbocycles. The molecule has 1 aliphatic heterocycles. The molecule has 1 atom stereocenters. The van der Waals surface area contributed by atoms with E-state index < -0.39 is 10.0 Å². The van der Waals surface area contributed by atoms with Crippen molar-refractivity contribution in [2.45, 2.75) is 39.8 Å². The molecule has 0 spiro atoms. The summed E-state index contributed by atoms with van der Waals surface area (Å²) in [6.07, 6.45) is 1.03. The summed E-state index contributed by atoms with van der Waals surface area (Å²) in [5, 5.41) is 11.1. The predicted molar refractivity (Wildman–Crippen MR) is 102 cm³/mol. The van der Waals surface area contributed by atoms with E-state index in [1.165, 1.54) is 0 Å². The first kappa shape index (κ1) is 20.3. The number of ether oxygens (including phenoxy) is 2. The van der Waals surface area contributed by atoms with Crippen LogP contribution >= 0.6 is 0 Å². The third-order valence-electron chi connectivity index (χ3n) is 3.81. The van der Waals surface area contributed by atoms with Gasteiger partial charge in [-0.1, -0.05) is 0 Å². The molecular formula is C17H28N4O4S. The van der Waals surface area contributed by atoms with Gasteiger partial charge in [0.2, 0.25) is 10.0 Å². The molecule has 8 nitrogen and oxygen atoms in total. The zero-order valence-electron chi connectivity index (χ0n) is 15.5. The molecule has 0 saturated carbocycles. The number of fused-ring (bicyclic) bond motifs is 1. The summed E-state index contributed by atoms with van der Waals surface area (Å²) in [6.45, 7) is 7.71. The molecule has 1 aromatic rings. The SMILES string of the molecule is CCNC(=NCc1cc2c(cc1OCC)CC(C)O2)NCCS(N)(=O)=O. The van der Waals surface area contributed by atoms with E-state index in [9.17, 15) is 8.42 Å². The third-order valence-corrected chi connectivity index (χ3v) is 4.58. The van der Waals surface area contributed by atoms with Crippen molar-refractivity contribution in [2.75, 3.05) is 25.4 Å². The molecule has 9 heteroatoms. The molecule has 0 radical (unpaired) electrons. The average molecular weight is 385 g/mol. The van der Waals surface area contributed by atoms with Gasteiger partial charge in [0.25, 0.3) is 0 Å². The van der Waals surface area contributed by atoms with E-state index in [1.54, 1.807) is 0 Å². The zero-order valence-corrected chi connectivity index (χ0v) is 16.4. The summed E-state index contributed by atoms with van der Waals surface area (Å²) in [5.74, 6) is 2.03. The van der Waals surface area contributed by atoms with Crippen LogP contribution in [0.1, 0.15) is 31.9 Å². The van der Waals surface area contributed by atoms with Crippen LogP contribution in [0.3, 0.4) is 0 Å². The predicted octanol–water partition coefficient (Wildman–Crippen LogP) is 0.752. The van der Waals surface area contributed by atoms with Crippen molar-refractivity contribution < 1.29 is 17.9 Å². The van der Waals surface area contributed by atoms with Crippen LogP contribution in [0.5, 0.6) is 11.5 Å². The van der Waals surface area contributed by atoms with Crippen molar-refractivity contribution in [3.05, 3.63) is 23.3 Å². The fourth-order valence-electron chi connectivity index (χ4n) is 2.71. The topological polar surface area (TPSA) is 115 Å². The van der Waals surface area contributed by atoms with Crippen LogP contribution < -0.4 is 25.2 Å². The number of nitrogens with one attached hydrogen (secondary N) is 2. The van der Waals surface area contributed by atoms with E-state index in [0.717, 1.165) is 29.0 Å². The molecule has 2 rings (SSSR count). The largest absolute Gasteiger partial charge is 0.494 e. The zero-order chi connectivity index (χ0) is 19.2. The summed E-state index contributed by atoms with van der Waals surface area (Å²) in [4.78, 5) is 4.51. The molecule has 0 bridgehead atoms. The van der Waals surface area contributed by atoms with Crippen LogP contribution in [0.4, 0.5) is 0 Å². The molecule has 0 amide bonds. The third kappa shape index (κ3) is 6.06. The van der Waals surface area contributed by atoms with Crippen LogP contribution in [0.2, 0.25) is 0 Å². The summed E-state index contributed by atoms with van der Waals surface area (Å²) in [7, 11) is -3.51. The maximum atomic E-state index is 11.0. The van der Waals surface area contributed by atoms with Crippen molar-refractivity contribution in [1.29, 1.82) is 0 Å². The fraction of sp³-hybridized carbons (Fsp3) is 0.588. The Morgan fingerprint density at radius 2 is 2.15 bits per heavy atom. The number of primary sulfonamides is 1. The lowest BCUT2D eigenvalue weighted by molar-refractivity contribution is 0.254. The van der Waals surface area contributed by atoms with Crippen LogP contribution in [-0.2, 0) is 23.0 Å². The van der Waals surface area contributed by atoms with Crippen LogP contribution in [0.15, 0.2) is 17.1 Å². The monoisotopic (exact) mass is 384 g/mol. The van der Waals surface area contributed by atoms with Gasteiger partial charge in [-0.2, -0.15) is 0 Å². The van der Waals surface area contributed by atoms with E-state index in [4.69, 9.17) is 14.6 Å². The number of nitrogens with zero attached hydrogens (tertiary/aromatic N) is 1. The fourth-order valence-corrected chi connectivity index (χ4v) is 3.10. The van der Waals surface area contributed by atoms with Gasteiger partial charge in [-0.25, -0.2) is 18.5 Å². The van der Waals surface area contributed by atoms with Crippen molar-refractivity contribution in [1.82, 2.24) is 10.6 Å². The molecule has 0 aliphatic carbocycles. The van der Waals surface area contributed by atoms with Gasteiger partial charge in [0.15, 0.2) is 5.96 Å². The van der Waals surface area contributed by atoms with Gasteiger partial charge >= 0.3 is 0 Å². The Labute approximate surface area is 155 Å². The quantitative estimate of drug-likeness (QED) is 0.450. The first-order chi connectivity index (χ1) is 12.3. The number of hydrogen-bond donors (Lipinski definition) is 3. The molecule has 0 aromatic heterocycles. The van der Waals surface area contributed by atoms with Gasteiger partial charge in [-0.3, -0.25) is 0 Å². The Morgan fingerprint density at radius 3 is 2.81 bits per heavy atom. The number of guanidine groups is 1. The maximum absolute atomic E-state index is 11.0. The average Bonchev–Trinajstić information content (AvgIpc) is 2.90. The minimum atomic E-state index is -3.51. The lowest BCUT2D eigenvalue weighted by atomic mass is 10.1. The van der Waals surface area contributed by atoms with E-state index in [2.05, 4.69) is 15.6 Å². The van der Waals surface area contributed by atoms with E-state index in [0.29, 0.717) is 25.7 Å². The molecule has 146 valence electrons. The lowest BCUT2D eigenvalue weighted by Crippen LogP contribution is -2.40. The number of nitrogens with two attached hydrogens (primary N) is 1. The van der Waals surface area contributed by atoms with Crippen molar-refractivity contribution in [2.24, 2.45) is 10.1 Å². The van der Waals surface area contributed by atoms with Gasteiger partial charge in [-0.15, -0.1) is 0 Å². The standard InChI is InChI=1S/C17H28N4O4S/c1-4-19-17(20-6-7-26(18,22)23)21-11-14-10-16-13(8-12(3)25-16)9-15(14)24-5-2/h9-10,12H,4-8,11H2,1-3H3,(H2,18,22,23)(H2,19,20,21). The van der Waals surface area contributed by atoms with Crippen LogP contribution in [-0.4, -0.2) is 45.9 Å². The summed E-state index contributed by atoms with van der Waals surface area (Å²) in [6, 6.07) is 4.00. The second-order valence-electron chi connectivity index (χ2n) is 6.12. The number of aliphatic imine (C=N–C) groups is 1. The second kappa shape index (κ2) is 9.09. The van der Waals surface area contributed by atoms with Crippen LogP contribution in [0.25, 0.3) is 0 Å². The molecule has 0 fully saturated rings. The van der Waals surface area contributed by atoms with E-state index in [1.807, 2.05) is 32.9 Å². The van der Waals surface area contributed by atoms with Gasteiger partial charge in [0.1, 0.15) is 17.6 Å². The highest BCUT2D eigenvalue weighted by Crippen LogP contribution is 2.35.